The highest BCUT2D eigenvalue weighted by molar-refractivity contribution is 8.23. The molecule has 0 amide bonds. The monoisotopic (exact) mass is 409 g/mol. The third-order valence-electron chi connectivity index (χ3n) is 4.28. The quantitative estimate of drug-likeness (QED) is 0.547. The van der Waals surface area contributed by atoms with Crippen molar-refractivity contribution in [2.75, 3.05) is 18.8 Å². The van der Waals surface area contributed by atoms with Crippen LogP contribution in [0.5, 0.6) is 0 Å². The maximum Gasteiger partial charge on any atom is 0.316 e. The summed E-state index contributed by atoms with van der Waals surface area (Å²) in [5, 5.41) is 3.76. The van der Waals surface area contributed by atoms with E-state index in [2.05, 4.69) is 22.0 Å². The first-order valence-electron chi connectivity index (χ1n) is 8.67. The van der Waals surface area contributed by atoms with Crippen molar-refractivity contribution in [3.8, 4) is 11.5 Å². The maximum absolute atomic E-state index is 12.9. The number of carbonyl (C=O) groups is 1. The van der Waals surface area contributed by atoms with Crippen molar-refractivity contribution >= 4 is 34.3 Å². The molecule has 144 valence electrons. The molecule has 1 aliphatic heterocycles. The fourth-order valence-corrected chi connectivity index (χ4v) is 3.66. The Balaban J connectivity index is 1.41. The van der Waals surface area contributed by atoms with E-state index in [4.69, 9.17) is 21.5 Å². The number of esters is 1. The van der Waals surface area contributed by atoms with E-state index in [1.54, 1.807) is 0 Å². The summed E-state index contributed by atoms with van der Waals surface area (Å²) in [6, 6.07) is 5.69. The van der Waals surface area contributed by atoms with Gasteiger partial charge in [0.1, 0.15) is 10.1 Å². The molecule has 1 aliphatic rings. The average Bonchev–Trinajstić information content (AvgIpc) is 3.14. The number of ether oxygens (including phenoxy) is 1. The highest BCUT2D eigenvalue weighted by atomic mass is 32.2. The Morgan fingerprint density at radius 1 is 1.37 bits per heavy atom. The number of likely N-dealkylation sites (tertiary alicyclic amines) is 1. The standard InChI is InChI=1S/C18H20FN3O3S2/c1-12-6-8-22(9-7-12)18(26)27-11-16(23)24-10-15-20-17(25-21-15)13-2-4-14(19)5-3-13/h2-5,12H,6-11H2,1H3. The molecule has 6 nitrogen and oxygen atoms in total. The van der Waals surface area contributed by atoms with Crippen LogP contribution in [0.3, 0.4) is 0 Å². The number of hydrogen-bond acceptors (Lipinski definition) is 7. The van der Waals surface area contributed by atoms with Gasteiger partial charge >= 0.3 is 5.97 Å². The number of thioether (sulfide) groups is 1. The first-order chi connectivity index (χ1) is 13.0. The van der Waals surface area contributed by atoms with Gasteiger partial charge in [-0.2, -0.15) is 4.98 Å². The van der Waals surface area contributed by atoms with Crippen molar-refractivity contribution in [1.82, 2.24) is 15.0 Å². The molecule has 0 spiro atoms. The lowest BCUT2D eigenvalue weighted by Gasteiger charge is -2.31. The number of carbonyl (C=O) groups excluding carboxylic acids is 1. The second-order valence-corrected chi connectivity index (χ2v) is 8.02. The van der Waals surface area contributed by atoms with Gasteiger partial charge in [0.2, 0.25) is 5.82 Å². The second-order valence-electron chi connectivity index (χ2n) is 6.41. The summed E-state index contributed by atoms with van der Waals surface area (Å²) < 4.78 is 23.9. The zero-order chi connectivity index (χ0) is 19.2. The number of thiocarbonyl (C=S) groups is 1. The van der Waals surface area contributed by atoms with Crippen LogP contribution in [0.1, 0.15) is 25.6 Å². The van der Waals surface area contributed by atoms with Gasteiger partial charge in [-0.05, 0) is 43.0 Å². The molecule has 0 radical (unpaired) electrons. The smallest absolute Gasteiger partial charge is 0.316 e. The van der Waals surface area contributed by atoms with Crippen LogP contribution >= 0.6 is 24.0 Å². The zero-order valence-corrected chi connectivity index (χ0v) is 16.5. The number of halogens is 1. The Labute approximate surface area is 166 Å². The van der Waals surface area contributed by atoms with E-state index in [-0.39, 0.29) is 35.9 Å². The lowest BCUT2D eigenvalue weighted by molar-refractivity contribution is -0.141. The van der Waals surface area contributed by atoms with E-state index in [0.717, 1.165) is 36.2 Å². The number of aromatic nitrogens is 2. The van der Waals surface area contributed by atoms with Gasteiger partial charge in [0.25, 0.3) is 5.89 Å². The van der Waals surface area contributed by atoms with E-state index in [9.17, 15) is 9.18 Å². The molecular formula is C18H20FN3O3S2. The lowest BCUT2D eigenvalue weighted by atomic mass is 10.00. The second kappa shape index (κ2) is 9.27. The van der Waals surface area contributed by atoms with Crippen LogP contribution in [0.25, 0.3) is 11.5 Å². The number of piperidine rings is 1. The van der Waals surface area contributed by atoms with Crippen LogP contribution in [0.15, 0.2) is 28.8 Å². The van der Waals surface area contributed by atoms with Crippen LogP contribution < -0.4 is 0 Å². The van der Waals surface area contributed by atoms with Crippen molar-refractivity contribution < 1.29 is 18.4 Å². The van der Waals surface area contributed by atoms with Crippen LogP contribution in [0, 0.1) is 11.7 Å². The van der Waals surface area contributed by atoms with Gasteiger partial charge in [0.15, 0.2) is 6.61 Å². The van der Waals surface area contributed by atoms with E-state index < -0.39 is 0 Å². The summed E-state index contributed by atoms with van der Waals surface area (Å²) in [6.07, 6.45) is 2.25. The van der Waals surface area contributed by atoms with Crippen LogP contribution in [-0.4, -0.2) is 44.2 Å². The molecule has 0 unspecified atom stereocenters. The zero-order valence-electron chi connectivity index (χ0n) is 14.9. The Hall–Kier alpha value is -2.00. The third-order valence-corrected chi connectivity index (χ3v) is 5.77. The third kappa shape index (κ3) is 5.74. The summed E-state index contributed by atoms with van der Waals surface area (Å²) in [5.41, 5.74) is 0.596. The molecule has 0 saturated carbocycles. The van der Waals surface area contributed by atoms with Gasteiger partial charge in [-0.3, -0.25) is 4.79 Å². The summed E-state index contributed by atoms with van der Waals surface area (Å²) >= 11 is 6.70. The highest BCUT2D eigenvalue weighted by Crippen LogP contribution is 2.21. The molecule has 1 fully saturated rings. The molecule has 27 heavy (non-hydrogen) atoms. The summed E-state index contributed by atoms with van der Waals surface area (Å²) in [5.74, 6) is 0.640. The summed E-state index contributed by atoms with van der Waals surface area (Å²) in [6.45, 7) is 4.04. The van der Waals surface area contributed by atoms with Gasteiger partial charge in [-0.15, -0.1) is 0 Å². The van der Waals surface area contributed by atoms with Crippen molar-refractivity contribution in [3.05, 3.63) is 35.9 Å². The average molecular weight is 410 g/mol. The highest BCUT2D eigenvalue weighted by Gasteiger charge is 2.19. The number of benzene rings is 1. The lowest BCUT2D eigenvalue weighted by Crippen LogP contribution is -2.35. The predicted octanol–water partition coefficient (Wildman–Crippen LogP) is 3.67. The van der Waals surface area contributed by atoms with Crippen molar-refractivity contribution in [2.45, 2.75) is 26.4 Å². The van der Waals surface area contributed by atoms with Gasteiger partial charge in [0, 0.05) is 18.7 Å². The molecule has 1 aromatic carbocycles. The van der Waals surface area contributed by atoms with Gasteiger partial charge in [-0.1, -0.05) is 36.1 Å². The molecule has 1 saturated heterocycles. The molecule has 0 aliphatic carbocycles. The maximum atomic E-state index is 12.9. The minimum Gasteiger partial charge on any atom is -0.457 e. The van der Waals surface area contributed by atoms with E-state index in [1.807, 2.05) is 0 Å². The summed E-state index contributed by atoms with van der Waals surface area (Å²) in [4.78, 5) is 18.2. The fourth-order valence-electron chi connectivity index (χ4n) is 2.61. The van der Waals surface area contributed by atoms with Gasteiger partial charge in [-0.25, -0.2) is 4.39 Å². The van der Waals surface area contributed by atoms with Crippen LogP contribution in [0.2, 0.25) is 0 Å². The minimum atomic E-state index is -0.388. The molecule has 2 aromatic rings. The Bertz CT molecular complexity index is 789. The molecular weight excluding hydrogens is 389 g/mol. The van der Waals surface area contributed by atoms with Crippen LogP contribution in [-0.2, 0) is 16.1 Å². The van der Waals surface area contributed by atoms with Crippen molar-refractivity contribution in [1.29, 1.82) is 0 Å². The Morgan fingerprint density at radius 2 is 2.07 bits per heavy atom. The first kappa shape index (κ1) is 19.8. The molecule has 0 atom stereocenters. The Morgan fingerprint density at radius 3 is 2.78 bits per heavy atom. The van der Waals surface area contributed by atoms with Crippen molar-refractivity contribution in [2.24, 2.45) is 5.92 Å². The fraction of sp³-hybridized carbons (Fsp3) is 0.444. The van der Waals surface area contributed by atoms with E-state index in [1.165, 1.54) is 36.0 Å². The SMILES string of the molecule is CC1CCN(C(=S)SCC(=O)OCc2noc(-c3ccc(F)cc3)n2)CC1. The van der Waals surface area contributed by atoms with Gasteiger partial charge < -0.3 is 14.2 Å². The largest absolute Gasteiger partial charge is 0.457 e. The normalized spacial score (nSPS) is 15.0. The first-order valence-corrected chi connectivity index (χ1v) is 10.1. The van der Waals surface area contributed by atoms with E-state index >= 15 is 0 Å². The number of nitrogens with zero attached hydrogens (tertiary/aromatic N) is 3. The van der Waals surface area contributed by atoms with Gasteiger partial charge in [0.05, 0.1) is 5.75 Å². The number of hydrogen-bond donors (Lipinski definition) is 0. The number of rotatable bonds is 5. The molecule has 9 heteroatoms. The minimum absolute atomic E-state index is 0.0852. The van der Waals surface area contributed by atoms with Crippen molar-refractivity contribution in [3.63, 3.8) is 0 Å². The topological polar surface area (TPSA) is 68.5 Å². The molecule has 3 rings (SSSR count). The molecule has 2 heterocycles. The predicted molar refractivity (Wildman–Crippen MR) is 105 cm³/mol. The molecule has 0 bridgehead atoms. The molecule has 1 aromatic heterocycles. The molecule has 0 N–H and O–H groups in total. The Kier molecular flexibility index (Phi) is 6.78. The van der Waals surface area contributed by atoms with E-state index in [0.29, 0.717) is 5.56 Å². The van der Waals surface area contributed by atoms with Crippen LogP contribution in [0.4, 0.5) is 4.39 Å². The summed E-state index contributed by atoms with van der Waals surface area (Å²) in [7, 11) is 0.